The Morgan fingerprint density at radius 3 is 2.92 bits per heavy atom. The lowest BCUT2D eigenvalue weighted by molar-refractivity contribution is 0.588. The van der Waals surface area contributed by atoms with Gasteiger partial charge in [0.2, 0.25) is 0 Å². The van der Waals surface area contributed by atoms with Gasteiger partial charge in [0.1, 0.15) is 0 Å². The molecule has 0 aliphatic heterocycles. The molecule has 70 valence electrons. The molecule has 13 heavy (non-hydrogen) atoms. The SMILES string of the molecule is C=Cc1cncc(CNC(C)C)c1. The van der Waals surface area contributed by atoms with Crippen molar-refractivity contribution in [3.63, 3.8) is 0 Å². The summed E-state index contributed by atoms with van der Waals surface area (Å²) in [6, 6.07) is 2.60. The fourth-order valence-electron chi connectivity index (χ4n) is 1.04. The van der Waals surface area contributed by atoms with E-state index in [1.54, 1.807) is 0 Å². The first-order valence-electron chi connectivity index (χ1n) is 4.52. The average Bonchev–Trinajstić information content (AvgIpc) is 2.15. The van der Waals surface area contributed by atoms with Gasteiger partial charge in [0, 0.05) is 25.0 Å². The maximum Gasteiger partial charge on any atom is 0.0340 e. The number of nitrogens with one attached hydrogen (secondary N) is 1. The zero-order chi connectivity index (χ0) is 9.68. The van der Waals surface area contributed by atoms with E-state index < -0.39 is 0 Å². The average molecular weight is 176 g/mol. The molecule has 0 bridgehead atoms. The van der Waals surface area contributed by atoms with E-state index in [9.17, 15) is 0 Å². The van der Waals surface area contributed by atoms with Crippen LogP contribution in [0.1, 0.15) is 25.0 Å². The van der Waals surface area contributed by atoms with Gasteiger partial charge in [-0.05, 0) is 17.2 Å². The Morgan fingerprint density at radius 1 is 1.54 bits per heavy atom. The third-order valence-electron chi connectivity index (χ3n) is 1.77. The van der Waals surface area contributed by atoms with Crippen molar-refractivity contribution in [3.05, 3.63) is 36.2 Å². The van der Waals surface area contributed by atoms with Crippen molar-refractivity contribution in [1.82, 2.24) is 10.3 Å². The maximum absolute atomic E-state index is 4.12. The van der Waals surface area contributed by atoms with E-state index in [1.807, 2.05) is 18.5 Å². The molecule has 0 aliphatic rings. The Morgan fingerprint density at radius 2 is 2.31 bits per heavy atom. The molecule has 1 aromatic heterocycles. The van der Waals surface area contributed by atoms with E-state index in [0.29, 0.717) is 6.04 Å². The lowest BCUT2D eigenvalue weighted by atomic mass is 10.2. The molecule has 2 nitrogen and oxygen atoms in total. The van der Waals surface area contributed by atoms with Crippen molar-refractivity contribution in [2.24, 2.45) is 0 Å². The summed E-state index contributed by atoms with van der Waals surface area (Å²) in [5.74, 6) is 0. The standard InChI is InChI=1S/C11H16N2/c1-4-10-5-11(7-12-6-10)8-13-9(2)3/h4-7,9,13H,1,8H2,2-3H3. The van der Waals surface area contributed by atoms with Gasteiger partial charge in [0.05, 0.1) is 0 Å². The topological polar surface area (TPSA) is 24.9 Å². The Hall–Kier alpha value is -1.15. The molecule has 2 heteroatoms. The molecular formula is C11H16N2. The third kappa shape index (κ3) is 3.38. The monoisotopic (exact) mass is 176 g/mol. The summed E-state index contributed by atoms with van der Waals surface area (Å²) in [4.78, 5) is 4.12. The molecule has 0 aromatic carbocycles. The van der Waals surface area contributed by atoms with Crippen LogP contribution in [0, 0.1) is 0 Å². The molecule has 0 unspecified atom stereocenters. The van der Waals surface area contributed by atoms with Crippen LogP contribution in [0.5, 0.6) is 0 Å². The number of hydrogen-bond donors (Lipinski definition) is 1. The van der Waals surface area contributed by atoms with Crippen molar-refractivity contribution in [2.75, 3.05) is 0 Å². The van der Waals surface area contributed by atoms with Gasteiger partial charge in [-0.2, -0.15) is 0 Å². The smallest absolute Gasteiger partial charge is 0.0340 e. The van der Waals surface area contributed by atoms with E-state index in [0.717, 1.165) is 12.1 Å². The Labute approximate surface area is 79.7 Å². The minimum Gasteiger partial charge on any atom is -0.310 e. The summed E-state index contributed by atoms with van der Waals surface area (Å²) < 4.78 is 0. The third-order valence-corrected chi connectivity index (χ3v) is 1.77. The fraction of sp³-hybridized carbons (Fsp3) is 0.364. The molecule has 0 aliphatic carbocycles. The van der Waals surface area contributed by atoms with Gasteiger partial charge in [-0.15, -0.1) is 0 Å². The highest BCUT2D eigenvalue weighted by Crippen LogP contribution is 2.03. The molecule has 0 radical (unpaired) electrons. The molecule has 0 amide bonds. The quantitative estimate of drug-likeness (QED) is 0.761. The second kappa shape index (κ2) is 4.77. The van der Waals surface area contributed by atoms with Gasteiger partial charge in [-0.25, -0.2) is 0 Å². The predicted octanol–water partition coefficient (Wildman–Crippen LogP) is 2.22. The summed E-state index contributed by atoms with van der Waals surface area (Å²) in [6.45, 7) is 8.83. The van der Waals surface area contributed by atoms with E-state index in [4.69, 9.17) is 0 Å². The van der Waals surface area contributed by atoms with Crippen LogP contribution in [-0.2, 0) is 6.54 Å². The summed E-state index contributed by atoms with van der Waals surface area (Å²) in [7, 11) is 0. The number of pyridine rings is 1. The number of aromatic nitrogens is 1. The van der Waals surface area contributed by atoms with Crippen molar-refractivity contribution in [2.45, 2.75) is 26.4 Å². The van der Waals surface area contributed by atoms with Crippen molar-refractivity contribution in [1.29, 1.82) is 0 Å². The van der Waals surface area contributed by atoms with Crippen LogP contribution in [0.2, 0.25) is 0 Å². The minimum atomic E-state index is 0.507. The first-order valence-corrected chi connectivity index (χ1v) is 4.52. The summed E-state index contributed by atoms with van der Waals surface area (Å²) in [5.41, 5.74) is 2.27. The largest absolute Gasteiger partial charge is 0.310 e. The van der Waals surface area contributed by atoms with Crippen molar-refractivity contribution in [3.8, 4) is 0 Å². The second-order valence-electron chi connectivity index (χ2n) is 3.37. The molecule has 1 N–H and O–H groups in total. The molecule has 1 rings (SSSR count). The summed E-state index contributed by atoms with van der Waals surface area (Å²) in [6.07, 6.45) is 5.50. The zero-order valence-electron chi connectivity index (χ0n) is 8.25. The number of hydrogen-bond acceptors (Lipinski definition) is 2. The fourth-order valence-corrected chi connectivity index (χ4v) is 1.04. The number of nitrogens with zero attached hydrogens (tertiary/aromatic N) is 1. The first kappa shape index (κ1) is 9.93. The Bertz CT molecular complexity index is 279. The second-order valence-corrected chi connectivity index (χ2v) is 3.37. The summed E-state index contributed by atoms with van der Waals surface area (Å²) >= 11 is 0. The molecule has 1 aromatic rings. The van der Waals surface area contributed by atoms with Gasteiger partial charge in [-0.3, -0.25) is 4.98 Å². The van der Waals surface area contributed by atoms with Gasteiger partial charge >= 0.3 is 0 Å². The van der Waals surface area contributed by atoms with Crippen LogP contribution in [0.3, 0.4) is 0 Å². The Balaban J connectivity index is 2.61. The van der Waals surface area contributed by atoms with Crippen LogP contribution in [0.15, 0.2) is 25.0 Å². The van der Waals surface area contributed by atoms with Gasteiger partial charge in [0.15, 0.2) is 0 Å². The molecule has 0 saturated heterocycles. The molecule has 0 atom stereocenters. The zero-order valence-corrected chi connectivity index (χ0v) is 8.25. The molecule has 0 fully saturated rings. The van der Waals surface area contributed by atoms with E-state index in [-0.39, 0.29) is 0 Å². The highest BCUT2D eigenvalue weighted by molar-refractivity contribution is 5.45. The van der Waals surface area contributed by atoms with Crippen LogP contribution < -0.4 is 5.32 Å². The van der Waals surface area contributed by atoms with Crippen LogP contribution >= 0.6 is 0 Å². The van der Waals surface area contributed by atoms with Crippen molar-refractivity contribution < 1.29 is 0 Å². The molecule has 1 heterocycles. The van der Waals surface area contributed by atoms with Crippen LogP contribution in [-0.4, -0.2) is 11.0 Å². The van der Waals surface area contributed by atoms with E-state index >= 15 is 0 Å². The van der Waals surface area contributed by atoms with Crippen LogP contribution in [0.25, 0.3) is 6.08 Å². The lowest BCUT2D eigenvalue weighted by Gasteiger charge is -2.07. The highest BCUT2D eigenvalue weighted by atomic mass is 14.9. The van der Waals surface area contributed by atoms with Gasteiger partial charge in [-0.1, -0.05) is 26.5 Å². The number of rotatable bonds is 4. The Kier molecular flexibility index (Phi) is 3.65. The van der Waals surface area contributed by atoms with Gasteiger partial charge in [0.25, 0.3) is 0 Å². The van der Waals surface area contributed by atoms with E-state index in [2.05, 4.69) is 36.8 Å². The highest BCUT2D eigenvalue weighted by Gasteiger charge is 1.95. The normalized spacial score (nSPS) is 10.4. The predicted molar refractivity (Wildman–Crippen MR) is 56.3 cm³/mol. The van der Waals surface area contributed by atoms with Crippen LogP contribution in [0.4, 0.5) is 0 Å². The van der Waals surface area contributed by atoms with E-state index in [1.165, 1.54) is 5.56 Å². The minimum absolute atomic E-state index is 0.507. The maximum atomic E-state index is 4.12. The summed E-state index contributed by atoms with van der Waals surface area (Å²) in [5, 5.41) is 3.34. The lowest BCUT2D eigenvalue weighted by Crippen LogP contribution is -2.21. The van der Waals surface area contributed by atoms with Gasteiger partial charge < -0.3 is 5.32 Å². The molecular weight excluding hydrogens is 160 g/mol. The van der Waals surface area contributed by atoms with Crippen molar-refractivity contribution >= 4 is 6.08 Å². The molecule has 0 saturated carbocycles. The molecule has 0 spiro atoms. The first-order chi connectivity index (χ1) is 6.22.